The topological polar surface area (TPSA) is 29.3 Å². The van der Waals surface area contributed by atoms with E-state index >= 15 is 0 Å². The molecule has 0 heterocycles. The zero-order chi connectivity index (χ0) is 11.4. The van der Waals surface area contributed by atoms with Crippen molar-refractivity contribution in [2.24, 2.45) is 11.1 Å². The van der Waals surface area contributed by atoms with Crippen LogP contribution in [0.5, 0.6) is 0 Å². The molecule has 0 radical (unpaired) electrons. The highest BCUT2D eigenvalue weighted by molar-refractivity contribution is 4.91. The first-order chi connectivity index (χ1) is 6.20. The lowest BCUT2D eigenvalue weighted by molar-refractivity contribution is 0.129. The Hall–Kier alpha value is -0.0800. The van der Waals surface area contributed by atoms with Crippen LogP contribution in [0.3, 0.4) is 0 Å². The third kappa shape index (κ3) is 4.43. The first-order valence-corrected chi connectivity index (χ1v) is 5.68. The second-order valence-electron chi connectivity index (χ2n) is 5.70. The van der Waals surface area contributed by atoms with E-state index in [1.54, 1.807) is 0 Å². The molecule has 0 amide bonds. The number of rotatable bonds is 6. The van der Waals surface area contributed by atoms with E-state index in [1.165, 1.54) is 19.4 Å². The van der Waals surface area contributed by atoms with Gasteiger partial charge in [0.25, 0.3) is 0 Å². The smallest absolute Gasteiger partial charge is 0.0161 e. The largest absolute Gasteiger partial charge is 0.325 e. The minimum Gasteiger partial charge on any atom is -0.325 e. The van der Waals surface area contributed by atoms with E-state index in [9.17, 15) is 0 Å². The lowest BCUT2D eigenvalue weighted by Crippen LogP contribution is -2.52. The van der Waals surface area contributed by atoms with E-state index in [1.807, 2.05) is 0 Å². The van der Waals surface area contributed by atoms with Gasteiger partial charge in [0.1, 0.15) is 0 Å². The van der Waals surface area contributed by atoms with E-state index in [-0.39, 0.29) is 11.0 Å². The SMILES string of the molecule is CCCCN(C)CC(C)(C)C(C)(C)N. The average Bonchev–Trinajstić information content (AvgIpc) is 1.97. The van der Waals surface area contributed by atoms with Crippen LogP contribution in [0.1, 0.15) is 47.5 Å². The van der Waals surface area contributed by atoms with Crippen molar-refractivity contribution in [1.82, 2.24) is 4.90 Å². The van der Waals surface area contributed by atoms with Gasteiger partial charge in [-0.1, -0.05) is 27.2 Å². The molecule has 0 fully saturated rings. The molecule has 2 nitrogen and oxygen atoms in total. The fourth-order valence-corrected chi connectivity index (χ4v) is 1.39. The molecule has 0 aromatic carbocycles. The molecule has 0 aliphatic carbocycles. The van der Waals surface area contributed by atoms with Crippen LogP contribution in [-0.2, 0) is 0 Å². The molecule has 0 aliphatic heterocycles. The molecule has 0 aliphatic rings. The van der Waals surface area contributed by atoms with Crippen molar-refractivity contribution in [2.45, 2.75) is 53.0 Å². The first kappa shape index (κ1) is 13.9. The van der Waals surface area contributed by atoms with E-state index in [2.05, 4.69) is 46.6 Å². The van der Waals surface area contributed by atoms with Crippen molar-refractivity contribution >= 4 is 0 Å². The average molecular weight is 200 g/mol. The highest BCUT2D eigenvalue weighted by Crippen LogP contribution is 2.28. The summed E-state index contributed by atoms with van der Waals surface area (Å²) >= 11 is 0. The second kappa shape index (κ2) is 5.13. The van der Waals surface area contributed by atoms with Crippen molar-refractivity contribution in [3.63, 3.8) is 0 Å². The van der Waals surface area contributed by atoms with Crippen LogP contribution in [0.15, 0.2) is 0 Å². The van der Waals surface area contributed by atoms with Crippen molar-refractivity contribution < 1.29 is 0 Å². The number of nitrogens with zero attached hydrogens (tertiary/aromatic N) is 1. The van der Waals surface area contributed by atoms with Gasteiger partial charge in [0.05, 0.1) is 0 Å². The van der Waals surface area contributed by atoms with Gasteiger partial charge in [-0.15, -0.1) is 0 Å². The van der Waals surface area contributed by atoms with E-state index in [4.69, 9.17) is 5.73 Å². The predicted octanol–water partition coefficient (Wildman–Crippen LogP) is 2.48. The number of hydrogen-bond donors (Lipinski definition) is 1. The fourth-order valence-electron chi connectivity index (χ4n) is 1.39. The van der Waals surface area contributed by atoms with E-state index < -0.39 is 0 Å². The Labute approximate surface area is 89.9 Å². The second-order valence-corrected chi connectivity index (χ2v) is 5.70. The molecule has 0 saturated heterocycles. The molecule has 14 heavy (non-hydrogen) atoms. The highest BCUT2D eigenvalue weighted by Gasteiger charge is 2.33. The van der Waals surface area contributed by atoms with Gasteiger partial charge < -0.3 is 10.6 Å². The number of unbranched alkanes of at least 4 members (excludes halogenated alkanes) is 1. The Kier molecular flexibility index (Phi) is 5.10. The van der Waals surface area contributed by atoms with Gasteiger partial charge in [-0.2, -0.15) is 0 Å². The van der Waals surface area contributed by atoms with Crippen molar-refractivity contribution in [3.8, 4) is 0 Å². The minimum atomic E-state index is -0.118. The molecule has 0 rings (SSSR count). The minimum absolute atomic E-state index is 0.118. The van der Waals surface area contributed by atoms with Crippen LogP contribution in [0.4, 0.5) is 0 Å². The zero-order valence-corrected chi connectivity index (χ0v) is 10.9. The monoisotopic (exact) mass is 200 g/mol. The predicted molar refractivity (Wildman–Crippen MR) is 64.5 cm³/mol. The van der Waals surface area contributed by atoms with Crippen molar-refractivity contribution in [1.29, 1.82) is 0 Å². The molecule has 0 saturated carbocycles. The summed E-state index contributed by atoms with van der Waals surface area (Å²) in [4.78, 5) is 2.39. The third-order valence-corrected chi connectivity index (χ3v) is 3.30. The summed E-state index contributed by atoms with van der Waals surface area (Å²) in [5.74, 6) is 0. The number of nitrogens with two attached hydrogens (primary N) is 1. The summed E-state index contributed by atoms with van der Waals surface area (Å²) in [6, 6.07) is 0. The van der Waals surface area contributed by atoms with Crippen LogP contribution in [0.2, 0.25) is 0 Å². The molecule has 0 unspecified atom stereocenters. The lowest BCUT2D eigenvalue weighted by atomic mass is 9.75. The summed E-state index contributed by atoms with van der Waals surface area (Å²) in [5.41, 5.74) is 6.21. The van der Waals surface area contributed by atoms with Gasteiger partial charge in [-0.25, -0.2) is 0 Å². The fraction of sp³-hybridized carbons (Fsp3) is 1.00. The van der Waals surface area contributed by atoms with Crippen LogP contribution in [0.25, 0.3) is 0 Å². The van der Waals surface area contributed by atoms with Crippen molar-refractivity contribution in [2.75, 3.05) is 20.1 Å². The first-order valence-electron chi connectivity index (χ1n) is 5.68. The van der Waals surface area contributed by atoms with Crippen molar-refractivity contribution in [3.05, 3.63) is 0 Å². The molecule has 86 valence electrons. The summed E-state index contributed by atoms with van der Waals surface area (Å²) in [7, 11) is 2.18. The van der Waals surface area contributed by atoms with Crippen LogP contribution in [0, 0.1) is 5.41 Å². The van der Waals surface area contributed by atoms with Gasteiger partial charge >= 0.3 is 0 Å². The quantitative estimate of drug-likeness (QED) is 0.714. The maximum Gasteiger partial charge on any atom is 0.0161 e. The molecule has 0 aromatic rings. The molecular formula is C12H28N2. The Bertz CT molecular complexity index is 156. The molecule has 2 heteroatoms. The molecule has 0 bridgehead atoms. The highest BCUT2D eigenvalue weighted by atomic mass is 15.1. The van der Waals surface area contributed by atoms with E-state index in [0.29, 0.717) is 0 Å². The number of hydrogen-bond acceptors (Lipinski definition) is 2. The Morgan fingerprint density at radius 2 is 1.64 bits per heavy atom. The molecule has 2 N–H and O–H groups in total. The maximum atomic E-state index is 6.16. The Balaban J connectivity index is 4.08. The van der Waals surface area contributed by atoms with E-state index in [0.717, 1.165) is 6.54 Å². The van der Waals surface area contributed by atoms with Crippen LogP contribution < -0.4 is 5.73 Å². The standard InChI is InChI=1S/C12H28N2/c1-7-8-9-14(6)10-11(2,3)12(4,5)13/h7-10,13H2,1-6H3. The Morgan fingerprint density at radius 3 is 2.00 bits per heavy atom. The summed E-state index contributed by atoms with van der Waals surface area (Å²) in [6.07, 6.45) is 2.54. The summed E-state index contributed by atoms with van der Waals surface area (Å²) in [5, 5.41) is 0. The summed E-state index contributed by atoms with van der Waals surface area (Å²) in [6.45, 7) is 13.2. The van der Waals surface area contributed by atoms with Crippen LogP contribution in [-0.4, -0.2) is 30.6 Å². The Morgan fingerprint density at radius 1 is 1.14 bits per heavy atom. The van der Waals surface area contributed by atoms with Crippen LogP contribution >= 0.6 is 0 Å². The molecular weight excluding hydrogens is 172 g/mol. The lowest BCUT2D eigenvalue weighted by Gasteiger charge is -2.41. The third-order valence-electron chi connectivity index (χ3n) is 3.30. The van der Waals surface area contributed by atoms with Gasteiger partial charge in [-0.3, -0.25) is 0 Å². The zero-order valence-electron chi connectivity index (χ0n) is 10.9. The summed E-state index contributed by atoms with van der Waals surface area (Å²) < 4.78 is 0. The van der Waals surface area contributed by atoms with Gasteiger partial charge in [0, 0.05) is 12.1 Å². The molecule has 0 aromatic heterocycles. The van der Waals surface area contributed by atoms with Gasteiger partial charge in [0.15, 0.2) is 0 Å². The molecule has 0 spiro atoms. The van der Waals surface area contributed by atoms with Gasteiger partial charge in [-0.05, 0) is 39.3 Å². The molecule has 0 atom stereocenters. The normalized spacial score (nSPS) is 13.7. The van der Waals surface area contributed by atoms with Gasteiger partial charge in [0.2, 0.25) is 0 Å². The maximum absolute atomic E-state index is 6.16.